The molecule has 0 aromatic carbocycles. The molecule has 0 aliphatic heterocycles. The van der Waals surface area contributed by atoms with Gasteiger partial charge in [-0.25, -0.2) is 0 Å². The molecule has 0 saturated heterocycles. The lowest BCUT2D eigenvalue weighted by Gasteiger charge is -2.18. The summed E-state index contributed by atoms with van der Waals surface area (Å²) < 4.78 is 16.8. The molecular weight excluding hydrogens is 805 g/mol. The molecule has 65 heavy (non-hydrogen) atoms. The van der Waals surface area contributed by atoms with Crippen LogP contribution in [-0.4, -0.2) is 37.2 Å². The third kappa shape index (κ3) is 52.5. The molecule has 0 radical (unpaired) electrons. The van der Waals surface area contributed by atoms with Crippen molar-refractivity contribution in [3.05, 3.63) is 36.5 Å². The van der Waals surface area contributed by atoms with E-state index in [4.69, 9.17) is 14.2 Å². The van der Waals surface area contributed by atoms with Gasteiger partial charge >= 0.3 is 17.9 Å². The Hall–Kier alpha value is -2.37. The normalized spacial score (nSPS) is 12.2. The van der Waals surface area contributed by atoms with Gasteiger partial charge in [-0.3, -0.25) is 14.4 Å². The summed E-state index contributed by atoms with van der Waals surface area (Å²) in [6.45, 7) is 6.63. The number of ether oxygens (including phenoxy) is 3. The highest BCUT2D eigenvalue weighted by molar-refractivity contribution is 5.71. The monoisotopic (exact) mass is 913 g/mol. The predicted molar refractivity (Wildman–Crippen MR) is 279 cm³/mol. The maximum Gasteiger partial charge on any atom is 0.306 e. The van der Waals surface area contributed by atoms with Crippen LogP contribution in [0.3, 0.4) is 0 Å². The van der Waals surface area contributed by atoms with Crippen molar-refractivity contribution in [1.82, 2.24) is 0 Å². The Morgan fingerprint density at radius 2 is 0.554 bits per heavy atom. The molecule has 0 aromatic heterocycles. The Morgan fingerprint density at radius 1 is 0.308 bits per heavy atom. The van der Waals surface area contributed by atoms with Gasteiger partial charge in [0.2, 0.25) is 0 Å². The minimum atomic E-state index is -0.765. The molecule has 0 rings (SSSR count). The Bertz CT molecular complexity index is 1090. The van der Waals surface area contributed by atoms with Crippen LogP contribution in [0.1, 0.15) is 303 Å². The molecule has 0 aliphatic carbocycles. The van der Waals surface area contributed by atoms with Crippen LogP contribution in [0, 0.1) is 0 Å². The standard InChI is InChI=1S/C59H108O6/c1-4-7-10-13-16-19-22-23-24-25-26-27-28-29-30-31-32-33-34-35-36-37-38-41-43-46-49-52-58(61)64-55-56(65-59(62)53-50-47-44-40-21-18-15-12-9-6-3)54-63-57(60)51-48-45-42-39-20-17-14-11-8-5-2/h22-23,25-26,28-29,56H,4-21,24,27,30-55H2,1-3H3/b23-22-,26-25-,29-28-. The van der Waals surface area contributed by atoms with E-state index < -0.39 is 6.10 Å². The van der Waals surface area contributed by atoms with E-state index in [1.165, 1.54) is 193 Å². The first-order chi connectivity index (χ1) is 32.0. The highest BCUT2D eigenvalue weighted by atomic mass is 16.6. The number of unbranched alkanes of at least 4 members (excludes halogenated alkanes) is 35. The van der Waals surface area contributed by atoms with Gasteiger partial charge in [0.25, 0.3) is 0 Å². The second-order valence-electron chi connectivity index (χ2n) is 19.2. The van der Waals surface area contributed by atoms with Crippen molar-refractivity contribution >= 4 is 17.9 Å². The molecule has 0 aromatic rings. The Balaban J connectivity index is 4.10. The van der Waals surface area contributed by atoms with E-state index in [9.17, 15) is 14.4 Å². The number of hydrogen-bond acceptors (Lipinski definition) is 6. The maximum atomic E-state index is 12.7. The molecule has 1 unspecified atom stereocenters. The summed E-state index contributed by atoms with van der Waals surface area (Å²) in [5, 5.41) is 0. The Labute approximate surface area is 404 Å². The number of rotatable bonds is 52. The first-order valence-corrected chi connectivity index (χ1v) is 28.5. The van der Waals surface area contributed by atoms with Crippen molar-refractivity contribution in [3.63, 3.8) is 0 Å². The molecule has 0 N–H and O–H groups in total. The van der Waals surface area contributed by atoms with Crippen LogP contribution in [0.25, 0.3) is 0 Å². The van der Waals surface area contributed by atoms with Crippen LogP contribution < -0.4 is 0 Å². The predicted octanol–water partition coefficient (Wildman–Crippen LogP) is 18.9. The van der Waals surface area contributed by atoms with Crippen LogP contribution >= 0.6 is 0 Å². The zero-order valence-corrected chi connectivity index (χ0v) is 43.5. The van der Waals surface area contributed by atoms with Crippen molar-refractivity contribution in [2.24, 2.45) is 0 Å². The zero-order valence-electron chi connectivity index (χ0n) is 43.5. The Kier molecular flexibility index (Phi) is 52.3. The number of carbonyl (C=O) groups excluding carboxylic acids is 3. The van der Waals surface area contributed by atoms with E-state index in [-0.39, 0.29) is 31.1 Å². The molecule has 380 valence electrons. The Morgan fingerprint density at radius 3 is 0.862 bits per heavy atom. The fourth-order valence-electron chi connectivity index (χ4n) is 8.33. The van der Waals surface area contributed by atoms with Crippen molar-refractivity contribution in [2.45, 2.75) is 309 Å². The summed E-state index contributed by atoms with van der Waals surface area (Å²) in [5.74, 6) is -0.860. The molecular formula is C59H108O6. The molecule has 6 nitrogen and oxygen atoms in total. The lowest BCUT2D eigenvalue weighted by atomic mass is 10.0. The smallest absolute Gasteiger partial charge is 0.306 e. The second-order valence-corrected chi connectivity index (χ2v) is 19.2. The van der Waals surface area contributed by atoms with E-state index in [2.05, 4.69) is 57.2 Å². The number of carbonyl (C=O) groups is 3. The topological polar surface area (TPSA) is 78.9 Å². The van der Waals surface area contributed by atoms with Crippen molar-refractivity contribution in [1.29, 1.82) is 0 Å². The fraction of sp³-hybridized carbons (Fsp3) is 0.847. The van der Waals surface area contributed by atoms with Gasteiger partial charge in [-0.15, -0.1) is 0 Å². The third-order valence-corrected chi connectivity index (χ3v) is 12.6. The fourth-order valence-corrected chi connectivity index (χ4v) is 8.33. The summed E-state index contributed by atoms with van der Waals surface area (Å²) in [5.41, 5.74) is 0. The minimum Gasteiger partial charge on any atom is -0.462 e. The van der Waals surface area contributed by atoms with E-state index in [1.807, 2.05) is 0 Å². The van der Waals surface area contributed by atoms with Crippen LogP contribution in [0.15, 0.2) is 36.5 Å². The molecule has 1 atom stereocenters. The number of allylic oxidation sites excluding steroid dienone is 6. The highest BCUT2D eigenvalue weighted by Crippen LogP contribution is 2.16. The van der Waals surface area contributed by atoms with Crippen molar-refractivity contribution < 1.29 is 28.6 Å². The van der Waals surface area contributed by atoms with Crippen molar-refractivity contribution in [3.8, 4) is 0 Å². The molecule has 0 spiro atoms. The van der Waals surface area contributed by atoms with Crippen molar-refractivity contribution in [2.75, 3.05) is 13.2 Å². The summed E-state index contributed by atoms with van der Waals surface area (Å²) >= 11 is 0. The van der Waals surface area contributed by atoms with Crippen LogP contribution in [0.2, 0.25) is 0 Å². The van der Waals surface area contributed by atoms with Gasteiger partial charge in [0.05, 0.1) is 0 Å². The average molecular weight is 914 g/mol. The lowest BCUT2D eigenvalue weighted by Crippen LogP contribution is -2.30. The van der Waals surface area contributed by atoms with Gasteiger partial charge in [-0.05, 0) is 57.8 Å². The number of hydrogen-bond donors (Lipinski definition) is 0. The minimum absolute atomic E-state index is 0.0679. The highest BCUT2D eigenvalue weighted by Gasteiger charge is 2.19. The molecule has 0 fully saturated rings. The summed E-state index contributed by atoms with van der Waals surface area (Å²) in [6, 6.07) is 0. The molecule has 0 bridgehead atoms. The summed E-state index contributed by atoms with van der Waals surface area (Å²) in [4.78, 5) is 37.9. The molecule has 0 saturated carbocycles. The van der Waals surface area contributed by atoms with Gasteiger partial charge in [-0.1, -0.05) is 263 Å². The molecule has 6 heteroatoms. The van der Waals surface area contributed by atoms with Gasteiger partial charge in [0, 0.05) is 19.3 Å². The quantitative estimate of drug-likeness (QED) is 0.0262. The zero-order chi connectivity index (χ0) is 47.2. The van der Waals surface area contributed by atoms with Crippen LogP contribution in [0.4, 0.5) is 0 Å². The largest absolute Gasteiger partial charge is 0.462 e. The van der Waals surface area contributed by atoms with Crippen LogP contribution in [-0.2, 0) is 28.6 Å². The molecule has 0 heterocycles. The summed E-state index contributed by atoms with van der Waals surface area (Å²) in [7, 11) is 0. The van der Waals surface area contributed by atoms with E-state index in [1.54, 1.807) is 0 Å². The molecule has 0 aliphatic rings. The SMILES string of the molecule is CCCCCCC/C=C\C/C=C\C/C=C\CCCCCCCCCCCCCCC(=O)OCC(COC(=O)CCCCCCCCCCCC)OC(=O)CCCCCCCCCCCC. The maximum absolute atomic E-state index is 12.7. The van der Waals surface area contributed by atoms with Gasteiger partial charge in [-0.2, -0.15) is 0 Å². The van der Waals surface area contributed by atoms with Gasteiger partial charge < -0.3 is 14.2 Å². The van der Waals surface area contributed by atoms with Gasteiger partial charge in [0.15, 0.2) is 6.10 Å². The average Bonchev–Trinajstić information content (AvgIpc) is 3.30. The number of esters is 3. The first-order valence-electron chi connectivity index (χ1n) is 28.5. The first kappa shape index (κ1) is 62.6. The summed E-state index contributed by atoms with van der Waals surface area (Å²) in [6.07, 6.45) is 64.4. The second kappa shape index (κ2) is 54.2. The van der Waals surface area contributed by atoms with Crippen LogP contribution in [0.5, 0.6) is 0 Å². The van der Waals surface area contributed by atoms with E-state index >= 15 is 0 Å². The van der Waals surface area contributed by atoms with E-state index in [0.29, 0.717) is 19.3 Å². The van der Waals surface area contributed by atoms with Gasteiger partial charge in [0.1, 0.15) is 13.2 Å². The lowest BCUT2D eigenvalue weighted by molar-refractivity contribution is -0.167. The molecule has 0 amide bonds. The third-order valence-electron chi connectivity index (χ3n) is 12.6. The van der Waals surface area contributed by atoms with E-state index in [0.717, 1.165) is 70.6 Å².